The number of aryl methyl sites for hydroxylation is 1. The van der Waals surface area contributed by atoms with Gasteiger partial charge >= 0.3 is 0 Å². The van der Waals surface area contributed by atoms with Crippen LogP contribution < -0.4 is 10.6 Å². The van der Waals surface area contributed by atoms with Crippen LogP contribution in [0.5, 0.6) is 0 Å². The number of ether oxygens (including phenoxy) is 1. The SMILES string of the molecule is COCCNc1nc2c(s1)NCCC2. The quantitative estimate of drug-likeness (QED) is 0.745. The zero-order valence-electron chi connectivity index (χ0n) is 8.30. The molecule has 5 heteroatoms. The summed E-state index contributed by atoms with van der Waals surface area (Å²) in [5, 5.41) is 8.84. The largest absolute Gasteiger partial charge is 0.383 e. The van der Waals surface area contributed by atoms with E-state index in [1.807, 2.05) is 0 Å². The number of hydrogen-bond donors (Lipinski definition) is 2. The lowest BCUT2D eigenvalue weighted by atomic mass is 10.2. The third kappa shape index (κ3) is 2.16. The fraction of sp³-hybridized carbons (Fsp3) is 0.667. The van der Waals surface area contributed by atoms with Crippen molar-refractivity contribution < 1.29 is 4.74 Å². The molecule has 0 saturated carbocycles. The molecule has 1 aromatic rings. The maximum atomic E-state index is 4.96. The van der Waals surface area contributed by atoms with Gasteiger partial charge in [-0.05, 0) is 12.8 Å². The highest BCUT2D eigenvalue weighted by Gasteiger charge is 2.13. The highest BCUT2D eigenvalue weighted by Crippen LogP contribution is 2.31. The van der Waals surface area contributed by atoms with E-state index >= 15 is 0 Å². The Morgan fingerprint density at radius 3 is 3.36 bits per heavy atom. The second kappa shape index (κ2) is 4.61. The Hall–Kier alpha value is -0.810. The second-order valence-corrected chi connectivity index (χ2v) is 4.24. The average molecular weight is 213 g/mol. The summed E-state index contributed by atoms with van der Waals surface area (Å²) in [4.78, 5) is 4.51. The van der Waals surface area contributed by atoms with Crippen LogP contribution in [0.1, 0.15) is 12.1 Å². The van der Waals surface area contributed by atoms with Gasteiger partial charge in [0.1, 0.15) is 5.00 Å². The van der Waals surface area contributed by atoms with E-state index in [9.17, 15) is 0 Å². The Balaban J connectivity index is 1.94. The molecule has 14 heavy (non-hydrogen) atoms. The van der Waals surface area contributed by atoms with Crippen LogP contribution in [0.4, 0.5) is 10.1 Å². The molecule has 0 radical (unpaired) electrons. The summed E-state index contributed by atoms with van der Waals surface area (Å²) in [6, 6.07) is 0. The van der Waals surface area contributed by atoms with Crippen molar-refractivity contribution in [1.82, 2.24) is 4.98 Å². The summed E-state index contributed by atoms with van der Waals surface area (Å²) in [5.74, 6) is 0. The second-order valence-electron chi connectivity index (χ2n) is 3.24. The zero-order chi connectivity index (χ0) is 9.80. The highest BCUT2D eigenvalue weighted by molar-refractivity contribution is 7.19. The molecule has 0 fully saturated rings. The molecule has 1 aromatic heterocycles. The predicted molar refractivity (Wildman–Crippen MR) is 59.3 cm³/mol. The Labute approximate surface area is 87.7 Å². The highest BCUT2D eigenvalue weighted by atomic mass is 32.1. The van der Waals surface area contributed by atoms with E-state index in [-0.39, 0.29) is 0 Å². The minimum atomic E-state index is 0.720. The normalized spacial score (nSPS) is 14.6. The summed E-state index contributed by atoms with van der Waals surface area (Å²) in [5.41, 5.74) is 1.21. The van der Waals surface area contributed by atoms with Crippen LogP contribution in [0.25, 0.3) is 0 Å². The average Bonchev–Trinajstić information content (AvgIpc) is 2.60. The molecule has 0 aromatic carbocycles. The van der Waals surface area contributed by atoms with E-state index in [1.165, 1.54) is 17.1 Å². The lowest BCUT2D eigenvalue weighted by Gasteiger charge is -2.10. The van der Waals surface area contributed by atoms with E-state index in [0.717, 1.165) is 31.2 Å². The van der Waals surface area contributed by atoms with E-state index in [0.29, 0.717) is 0 Å². The number of nitrogens with one attached hydrogen (secondary N) is 2. The monoisotopic (exact) mass is 213 g/mol. The van der Waals surface area contributed by atoms with Crippen molar-refractivity contribution in [2.24, 2.45) is 0 Å². The summed E-state index contributed by atoms with van der Waals surface area (Å²) in [7, 11) is 1.70. The minimum Gasteiger partial charge on any atom is -0.383 e. The molecule has 0 spiro atoms. The summed E-state index contributed by atoms with van der Waals surface area (Å²) >= 11 is 1.70. The van der Waals surface area contributed by atoms with Crippen LogP contribution in [0, 0.1) is 0 Å². The van der Waals surface area contributed by atoms with Gasteiger partial charge in [0.05, 0.1) is 12.3 Å². The number of thiazole rings is 1. The van der Waals surface area contributed by atoms with Crippen molar-refractivity contribution in [3.63, 3.8) is 0 Å². The molecule has 1 aliphatic heterocycles. The van der Waals surface area contributed by atoms with E-state index in [2.05, 4.69) is 15.6 Å². The van der Waals surface area contributed by atoms with Crippen molar-refractivity contribution in [3.8, 4) is 0 Å². The number of fused-ring (bicyclic) bond motifs is 1. The first-order valence-electron chi connectivity index (χ1n) is 4.86. The number of methoxy groups -OCH3 is 1. The molecular formula is C9H15N3OS. The van der Waals surface area contributed by atoms with Crippen LogP contribution >= 0.6 is 11.3 Å². The minimum absolute atomic E-state index is 0.720. The van der Waals surface area contributed by atoms with Crippen LogP contribution in [-0.4, -0.2) is 31.8 Å². The maximum absolute atomic E-state index is 4.96. The molecule has 0 aliphatic carbocycles. The third-order valence-corrected chi connectivity index (χ3v) is 3.17. The van der Waals surface area contributed by atoms with Crippen molar-refractivity contribution >= 4 is 21.5 Å². The molecule has 0 atom stereocenters. The Morgan fingerprint density at radius 1 is 1.64 bits per heavy atom. The number of aromatic nitrogens is 1. The number of nitrogens with zero attached hydrogens (tertiary/aromatic N) is 1. The molecule has 0 saturated heterocycles. The molecule has 2 N–H and O–H groups in total. The zero-order valence-corrected chi connectivity index (χ0v) is 9.12. The van der Waals surface area contributed by atoms with Crippen LogP contribution in [-0.2, 0) is 11.2 Å². The number of anilines is 2. The molecule has 2 rings (SSSR count). The molecule has 2 heterocycles. The van der Waals surface area contributed by atoms with E-state index < -0.39 is 0 Å². The first-order chi connectivity index (χ1) is 6.90. The molecule has 0 amide bonds. The van der Waals surface area contributed by atoms with Crippen molar-refractivity contribution in [2.75, 3.05) is 37.4 Å². The van der Waals surface area contributed by atoms with Crippen LogP contribution in [0.15, 0.2) is 0 Å². The number of rotatable bonds is 4. The molecule has 78 valence electrons. The van der Waals surface area contributed by atoms with Gasteiger partial charge < -0.3 is 15.4 Å². The van der Waals surface area contributed by atoms with Crippen molar-refractivity contribution in [3.05, 3.63) is 5.69 Å². The van der Waals surface area contributed by atoms with Crippen molar-refractivity contribution in [2.45, 2.75) is 12.8 Å². The smallest absolute Gasteiger partial charge is 0.184 e. The lowest BCUT2D eigenvalue weighted by molar-refractivity contribution is 0.211. The first-order valence-corrected chi connectivity index (χ1v) is 5.68. The van der Waals surface area contributed by atoms with Crippen LogP contribution in [0.2, 0.25) is 0 Å². The van der Waals surface area contributed by atoms with Gasteiger partial charge in [-0.25, -0.2) is 4.98 Å². The van der Waals surface area contributed by atoms with Gasteiger partial charge in [-0.3, -0.25) is 0 Å². The summed E-state index contributed by atoms with van der Waals surface area (Å²) in [6.45, 7) is 2.62. The van der Waals surface area contributed by atoms with Crippen LogP contribution in [0.3, 0.4) is 0 Å². The Morgan fingerprint density at radius 2 is 2.57 bits per heavy atom. The van der Waals surface area contributed by atoms with Gasteiger partial charge in [0.25, 0.3) is 0 Å². The molecule has 1 aliphatic rings. The third-order valence-electron chi connectivity index (χ3n) is 2.16. The van der Waals surface area contributed by atoms with Gasteiger partial charge in [0.2, 0.25) is 0 Å². The van der Waals surface area contributed by atoms with Gasteiger partial charge in [-0.15, -0.1) is 0 Å². The molecule has 0 unspecified atom stereocenters. The van der Waals surface area contributed by atoms with Gasteiger partial charge in [0, 0.05) is 20.2 Å². The molecule has 0 bridgehead atoms. The van der Waals surface area contributed by atoms with Gasteiger partial charge in [0.15, 0.2) is 5.13 Å². The van der Waals surface area contributed by atoms with E-state index in [4.69, 9.17) is 4.74 Å². The van der Waals surface area contributed by atoms with E-state index in [1.54, 1.807) is 18.4 Å². The fourth-order valence-electron chi connectivity index (χ4n) is 1.45. The molecule has 4 nitrogen and oxygen atoms in total. The lowest BCUT2D eigenvalue weighted by Crippen LogP contribution is -2.09. The standard InChI is InChI=1S/C9H15N3OS/c1-13-6-5-11-9-12-7-3-2-4-10-8(7)14-9/h10H,2-6H2,1H3,(H,11,12). The summed E-state index contributed by atoms with van der Waals surface area (Å²) in [6.07, 6.45) is 2.29. The topological polar surface area (TPSA) is 46.2 Å². The van der Waals surface area contributed by atoms with Gasteiger partial charge in [-0.1, -0.05) is 11.3 Å². The Kier molecular flexibility index (Phi) is 3.21. The summed E-state index contributed by atoms with van der Waals surface area (Å²) < 4.78 is 4.96. The number of hydrogen-bond acceptors (Lipinski definition) is 5. The van der Waals surface area contributed by atoms with Crippen molar-refractivity contribution in [1.29, 1.82) is 0 Å². The Bertz CT molecular complexity index is 277. The predicted octanol–water partition coefficient (Wildman–Crippen LogP) is 1.56. The van der Waals surface area contributed by atoms with Gasteiger partial charge in [-0.2, -0.15) is 0 Å². The first kappa shape index (κ1) is 9.73. The maximum Gasteiger partial charge on any atom is 0.184 e. The fourth-order valence-corrected chi connectivity index (χ4v) is 2.42. The molecular weight excluding hydrogens is 198 g/mol.